The Labute approximate surface area is 176 Å². The Hall–Kier alpha value is -2.55. The van der Waals surface area contributed by atoms with Crippen LogP contribution in [0.4, 0.5) is 4.39 Å². The summed E-state index contributed by atoms with van der Waals surface area (Å²) in [5.41, 5.74) is 4.27. The first kappa shape index (κ1) is 20.7. The number of hydrogen-bond acceptors (Lipinski definition) is 4. The van der Waals surface area contributed by atoms with Gasteiger partial charge in [-0.25, -0.2) is 22.5 Å². The Morgan fingerprint density at radius 2 is 2.03 bits per heavy atom. The molecular weight excluding hydrogens is 403 g/mol. The van der Waals surface area contributed by atoms with Gasteiger partial charge in [0.25, 0.3) is 10.0 Å². The van der Waals surface area contributed by atoms with E-state index >= 15 is 0 Å². The molecule has 0 radical (unpaired) electrons. The SMILES string of the molecule is CNC1Cc2ccc(CNS(=O)(=O)c3cn(C)cn3)cc2C1Cc1cccc(F)c1. The van der Waals surface area contributed by atoms with E-state index in [1.54, 1.807) is 23.7 Å². The quantitative estimate of drug-likeness (QED) is 0.606. The third kappa shape index (κ3) is 4.30. The second-order valence-corrected chi connectivity index (χ2v) is 9.49. The van der Waals surface area contributed by atoms with Crippen LogP contribution in [0.3, 0.4) is 0 Å². The fourth-order valence-corrected chi connectivity index (χ4v) is 5.13. The molecule has 0 saturated carbocycles. The molecule has 1 heterocycles. The first-order valence-electron chi connectivity index (χ1n) is 9.87. The zero-order valence-corrected chi connectivity index (χ0v) is 17.8. The van der Waals surface area contributed by atoms with Crippen molar-refractivity contribution in [1.29, 1.82) is 0 Å². The molecule has 6 nitrogen and oxygen atoms in total. The molecule has 1 aromatic heterocycles. The molecule has 30 heavy (non-hydrogen) atoms. The maximum Gasteiger partial charge on any atom is 0.259 e. The number of aromatic nitrogens is 2. The van der Waals surface area contributed by atoms with E-state index in [-0.39, 0.29) is 29.3 Å². The zero-order chi connectivity index (χ0) is 21.3. The van der Waals surface area contributed by atoms with E-state index in [0.717, 1.165) is 24.0 Å². The van der Waals surface area contributed by atoms with E-state index in [0.29, 0.717) is 0 Å². The van der Waals surface area contributed by atoms with Crippen molar-refractivity contribution in [3.05, 3.63) is 83.1 Å². The van der Waals surface area contributed by atoms with Gasteiger partial charge in [-0.05, 0) is 54.3 Å². The van der Waals surface area contributed by atoms with Crippen molar-refractivity contribution in [1.82, 2.24) is 19.6 Å². The van der Waals surface area contributed by atoms with Crippen molar-refractivity contribution in [2.75, 3.05) is 7.05 Å². The number of hydrogen-bond donors (Lipinski definition) is 2. The number of fused-ring (bicyclic) bond motifs is 1. The molecule has 2 unspecified atom stereocenters. The minimum Gasteiger partial charge on any atom is -0.339 e. The highest BCUT2D eigenvalue weighted by molar-refractivity contribution is 7.89. The molecule has 1 aliphatic carbocycles. The van der Waals surface area contributed by atoms with E-state index in [4.69, 9.17) is 0 Å². The maximum atomic E-state index is 13.6. The van der Waals surface area contributed by atoms with Gasteiger partial charge in [-0.2, -0.15) is 0 Å². The molecule has 158 valence electrons. The third-order valence-electron chi connectivity index (χ3n) is 5.67. The predicted molar refractivity (Wildman–Crippen MR) is 113 cm³/mol. The third-order valence-corrected chi connectivity index (χ3v) is 6.96. The summed E-state index contributed by atoms with van der Waals surface area (Å²) in [4.78, 5) is 3.92. The van der Waals surface area contributed by atoms with E-state index in [1.807, 2.05) is 19.2 Å². The minimum absolute atomic E-state index is 0.00499. The van der Waals surface area contributed by atoms with Gasteiger partial charge in [0.1, 0.15) is 5.82 Å². The van der Waals surface area contributed by atoms with Crippen LogP contribution in [0.25, 0.3) is 0 Å². The second kappa shape index (κ2) is 8.29. The van der Waals surface area contributed by atoms with Gasteiger partial charge in [-0.15, -0.1) is 0 Å². The highest BCUT2D eigenvalue weighted by atomic mass is 32.2. The Balaban J connectivity index is 1.54. The lowest BCUT2D eigenvalue weighted by Gasteiger charge is -2.20. The average molecular weight is 429 g/mol. The number of imidazole rings is 1. The summed E-state index contributed by atoms with van der Waals surface area (Å²) in [6, 6.07) is 13.0. The molecule has 0 saturated heterocycles. The summed E-state index contributed by atoms with van der Waals surface area (Å²) in [6.07, 6.45) is 4.54. The lowest BCUT2D eigenvalue weighted by atomic mass is 9.90. The molecule has 0 aliphatic heterocycles. The first-order chi connectivity index (χ1) is 14.4. The molecule has 0 fully saturated rings. The molecule has 2 atom stereocenters. The van der Waals surface area contributed by atoms with Crippen LogP contribution in [0, 0.1) is 5.82 Å². The van der Waals surface area contributed by atoms with Crippen LogP contribution in [0.15, 0.2) is 60.0 Å². The lowest BCUT2D eigenvalue weighted by Crippen LogP contribution is -2.30. The number of likely N-dealkylation sites (N-methyl/N-ethyl adjacent to an activating group) is 1. The largest absolute Gasteiger partial charge is 0.339 e. The van der Waals surface area contributed by atoms with Crippen molar-refractivity contribution in [2.24, 2.45) is 7.05 Å². The van der Waals surface area contributed by atoms with Gasteiger partial charge >= 0.3 is 0 Å². The number of rotatable bonds is 7. The molecule has 0 spiro atoms. The summed E-state index contributed by atoms with van der Waals surface area (Å²) in [6.45, 7) is 0.184. The molecule has 2 aromatic carbocycles. The first-order valence-corrected chi connectivity index (χ1v) is 11.3. The number of halogens is 1. The molecule has 4 rings (SSSR count). The summed E-state index contributed by atoms with van der Waals surface area (Å²) in [5.74, 6) is -0.0384. The van der Waals surface area contributed by atoms with Crippen LogP contribution < -0.4 is 10.0 Å². The van der Waals surface area contributed by atoms with Gasteiger partial charge in [0.05, 0.1) is 6.33 Å². The average Bonchev–Trinajstić information content (AvgIpc) is 3.31. The smallest absolute Gasteiger partial charge is 0.259 e. The van der Waals surface area contributed by atoms with Gasteiger partial charge in [-0.3, -0.25) is 0 Å². The lowest BCUT2D eigenvalue weighted by molar-refractivity contribution is 0.490. The van der Waals surface area contributed by atoms with Gasteiger partial charge in [-0.1, -0.05) is 30.3 Å². The standard InChI is InChI=1S/C22H25FN4O2S/c1-24-21-11-17-7-6-16(12-26-30(28,29)22-13-27(2)14-25-22)10-19(17)20(21)9-15-4-3-5-18(23)8-15/h3-8,10,13-14,20-21,24,26H,9,11-12H2,1-2H3. The van der Waals surface area contributed by atoms with Crippen molar-refractivity contribution in [3.8, 4) is 0 Å². The highest BCUT2D eigenvalue weighted by Crippen LogP contribution is 2.36. The second-order valence-electron chi connectivity index (χ2n) is 7.77. The number of aryl methyl sites for hydroxylation is 1. The van der Waals surface area contributed by atoms with Gasteiger partial charge in [0.2, 0.25) is 0 Å². The Kier molecular flexibility index (Phi) is 5.73. The van der Waals surface area contributed by atoms with Crippen molar-refractivity contribution in [3.63, 3.8) is 0 Å². The maximum absolute atomic E-state index is 13.6. The summed E-state index contributed by atoms with van der Waals surface area (Å²) in [5, 5.41) is 3.38. The normalized spacial score (nSPS) is 18.5. The summed E-state index contributed by atoms with van der Waals surface area (Å²) < 4.78 is 42.8. The van der Waals surface area contributed by atoms with Gasteiger partial charge in [0, 0.05) is 31.7 Å². The zero-order valence-electron chi connectivity index (χ0n) is 17.0. The molecular formula is C22H25FN4O2S. The molecule has 3 aromatic rings. The molecule has 1 aliphatic rings. The molecule has 0 amide bonds. The van der Waals surface area contributed by atoms with Crippen LogP contribution in [0.5, 0.6) is 0 Å². The van der Waals surface area contributed by atoms with Crippen LogP contribution >= 0.6 is 0 Å². The Morgan fingerprint density at radius 1 is 1.20 bits per heavy atom. The van der Waals surface area contributed by atoms with E-state index < -0.39 is 10.0 Å². The Bertz CT molecular complexity index is 1160. The molecule has 8 heteroatoms. The van der Waals surface area contributed by atoms with E-state index in [9.17, 15) is 12.8 Å². The van der Waals surface area contributed by atoms with Crippen LogP contribution in [-0.4, -0.2) is 31.1 Å². The van der Waals surface area contributed by atoms with Crippen LogP contribution in [-0.2, 0) is 36.5 Å². The van der Waals surface area contributed by atoms with E-state index in [2.05, 4.69) is 27.2 Å². The van der Waals surface area contributed by atoms with Crippen LogP contribution in [0.2, 0.25) is 0 Å². The number of sulfonamides is 1. The summed E-state index contributed by atoms with van der Waals surface area (Å²) in [7, 11) is -0.00280. The monoisotopic (exact) mass is 428 g/mol. The van der Waals surface area contributed by atoms with Crippen molar-refractivity contribution < 1.29 is 12.8 Å². The minimum atomic E-state index is -3.67. The van der Waals surface area contributed by atoms with E-state index in [1.165, 1.54) is 29.7 Å². The van der Waals surface area contributed by atoms with Gasteiger partial charge in [0.15, 0.2) is 5.03 Å². The highest BCUT2D eigenvalue weighted by Gasteiger charge is 2.31. The number of benzene rings is 2. The number of nitrogens with one attached hydrogen (secondary N) is 2. The van der Waals surface area contributed by atoms with Gasteiger partial charge < -0.3 is 9.88 Å². The fourth-order valence-electron chi connectivity index (χ4n) is 4.13. The number of nitrogens with zero attached hydrogens (tertiary/aromatic N) is 2. The van der Waals surface area contributed by atoms with Crippen molar-refractivity contribution >= 4 is 10.0 Å². The topological polar surface area (TPSA) is 76.0 Å². The van der Waals surface area contributed by atoms with Crippen LogP contribution in [0.1, 0.15) is 28.2 Å². The molecule has 0 bridgehead atoms. The van der Waals surface area contributed by atoms with Crippen molar-refractivity contribution in [2.45, 2.75) is 36.4 Å². The molecule has 2 N–H and O–H groups in total. The Morgan fingerprint density at radius 3 is 2.73 bits per heavy atom. The fraction of sp³-hybridized carbons (Fsp3) is 0.318. The summed E-state index contributed by atoms with van der Waals surface area (Å²) >= 11 is 0. The predicted octanol–water partition coefficient (Wildman–Crippen LogP) is 2.51.